The fraction of sp³-hybridized carbons (Fsp3) is 0.536. The van der Waals surface area contributed by atoms with Gasteiger partial charge in [0.15, 0.2) is 0 Å². The van der Waals surface area contributed by atoms with Crippen LogP contribution in [-0.2, 0) is 10.4 Å². The van der Waals surface area contributed by atoms with E-state index < -0.39 is 15.4 Å². The van der Waals surface area contributed by atoms with Crippen molar-refractivity contribution >= 4 is 51.8 Å². The first-order chi connectivity index (χ1) is 18.8. The molecule has 2 heterocycles. The maximum Gasteiger partial charge on any atom is 0.337 e. The number of amides is 2. The van der Waals surface area contributed by atoms with Gasteiger partial charge in [0.25, 0.3) is 11.8 Å². The first-order valence-corrected chi connectivity index (χ1v) is 14.7. The molecule has 40 heavy (non-hydrogen) atoms. The number of carbonyl (C=O) groups excluding carboxylic acids is 2. The van der Waals surface area contributed by atoms with Crippen LogP contribution >= 0.6 is 34.2 Å². The number of pyridine rings is 1. The van der Waals surface area contributed by atoms with E-state index in [-0.39, 0.29) is 23.2 Å². The number of rotatable bonds is 11. The summed E-state index contributed by atoms with van der Waals surface area (Å²) in [6.07, 6.45) is 3.22. The van der Waals surface area contributed by atoms with E-state index in [0.29, 0.717) is 30.3 Å². The van der Waals surface area contributed by atoms with Crippen molar-refractivity contribution in [3.8, 4) is 5.75 Å². The average molecular weight is 693 g/mol. The number of alkyl halides is 3. The molecule has 1 aromatic heterocycles. The summed E-state index contributed by atoms with van der Waals surface area (Å²) in [7, 11) is 4.75. The molecule has 3 rings (SSSR count). The molecule has 2 aromatic rings. The normalized spacial score (nSPS) is 15.9. The van der Waals surface area contributed by atoms with Gasteiger partial charge in [-0.1, -0.05) is 23.7 Å². The molecule has 0 bridgehead atoms. The average Bonchev–Trinajstić information content (AvgIpc) is 2.91. The van der Waals surface area contributed by atoms with Crippen molar-refractivity contribution in [1.82, 2.24) is 14.8 Å². The standard InChI is InChI=1S/C28H36ClF2IN4O4/c1-5-40-21-10-6-9-20(18-21)27(39,28(30,31)32)26(38)35(4)15-7-8-19-13-16-36(17-14-19)23-12-11-22(24(29)33-23)25(37)34(2)3/h6,9-12,18-19,39H,5,7-8,13-17H2,1-4H3. The molecule has 1 aliphatic rings. The molecule has 1 unspecified atom stereocenters. The van der Waals surface area contributed by atoms with E-state index in [1.54, 1.807) is 39.2 Å². The number of anilines is 1. The van der Waals surface area contributed by atoms with Gasteiger partial charge in [0, 0.05) is 68.9 Å². The zero-order valence-corrected chi connectivity index (χ0v) is 26.1. The summed E-state index contributed by atoms with van der Waals surface area (Å²) in [6, 6.07) is 9.16. The van der Waals surface area contributed by atoms with E-state index in [2.05, 4.69) is 9.88 Å². The molecule has 1 atom stereocenters. The van der Waals surface area contributed by atoms with Gasteiger partial charge >= 0.3 is 3.93 Å². The Morgan fingerprint density at radius 3 is 2.45 bits per heavy atom. The number of aliphatic hydroxyl groups is 1. The summed E-state index contributed by atoms with van der Waals surface area (Å²) >= 11 is 7.09. The Bertz CT molecular complexity index is 1190. The van der Waals surface area contributed by atoms with Gasteiger partial charge in [0.1, 0.15) is 16.7 Å². The summed E-state index contributed by atoms with van der Waals surface area (Å²) in [6.45, 7) is 3.84. The van der Waals surface area contributed by atoms with Crippen molar-refractivity contribution < 1.29 is 28.2 Å². The molecule has 2 amide bonds. The summed E-state index contributed by atoms with van der Waals surface area (Å²) in [4.78, 5) is 34.6. The summed E-state index contributed by atoms with van der Waals surface area (Å²) in [5.41, 5.74) is -2.88. The van der Waals surface area contributed by atoms with Gasteiger partial charge in [-0.3, -0.25) is 9.59 Å². The van der Waals surface area contributed by atoms with Gasteiger partial charge < -0.3 is 24.5 Å². The van der Waals surface area contributed by atoms with Crippen LogP contribution in [0.25, 0.3) is 0 Å². The molecule has 1 aromatic carbocycles. The van der Waals surface area contributed by atoms with Crippen LogP contribution in [0.4, 0.5) is 14.6 Å². The van der Waals surface area contributed by atoms with Crippen molar-refractivity contribution in [2.45, 2.75) is 42.1 Å². The minimum Gasteiger partial charge on any atom is -0.494 e. The predicted molar refractivity (Wildman–Crippen MR) is 160 cm³/mol. The van der Waals surface area contributed by atoms with Gasteiger partial charge in [-0.15, -0.1) is 0 Å². The van der Waals surface area contributed by atoms with Crippen LogP contribution in [0, 0.1) is 5.92 Å². The minimum absolute atomic E-state index is 0.174. The first kappa shape index (κ1) is 32.3. The van der Waals surface area contributed by atoms with E-state index in [9.17, 15) is 23.5 Å². The number of piperidine rings is 1. The largest absolute Gasteiger partial charge is 0.494 e. The third-order valence-corrected chi connectivity index (χ3v) is 8.21. The predicted octanol–water partition coefficient (Wildman–Crippen LogP) is 5.21. The second-order valence-electron chi connectivity index (χ2n) is 10.2. The van der Waals surface area contributed by atoms with Crippen molar-refractivity contribution in [1.29, 1.82) is 0 Å². The molecule has 1 N–H and O–H groups in total. The molecular weight excluding hydrogens is 657 g/mol. The van der Waals surface area contributed by atoms with E-state index in [4.69, 9.17) is 16.3 Å². The number of likely N-dealkylation sites (N-methyl/N-ethyl adjacent to an activating group) is 1. The molecule has 1 fully saturated rings. The quantitative estimate of drug-likeness (QED) is 0.198. The number of ether oxygens (including phenoxy) is 1. The Balaban J connectivity index is 1.55. The number of hydrogen-bond acceptors (Lipinski definition) is 6. The molecule has 220 valence electrons. The highest BCUT2D eigenvalue weighted by Gasteiger charge is 2.59. The van der Waals surface area contributed by atoms with Gasteiger partial charge in [0.05, 0.1) is 12.2 Å². The topological polar surface area (TPSA) is 86.2 Å². The third-order valence-electron chi connectivity index (χ3n) is 7.14. The van der Waals surface area contributed by atoms with Gasteiger partial charge in [0.2, 0.25) is 5.60 Å². The fourth-order valence-electron chi connectivity index (χ4n) is 4.83. The number of benzene rings is 1. The second-order valence-corrected chi connectivity index (χ2v) is 11.9. The maximum absolute atomic E-state index is 14.7. The number of hydrogen-bond donors (Lipinski definition) is 1. The number of carbonyl (C=O) groups is 2. The lowest BCUT2D eigenvalue weighted by Crippen LogP contribution is -2.54. The minimum atomic E-state index is -3.75. The van der Waals surface area contributed by atoms with Gasteiger partial charge in [-0.2, -0.15) is 8.78 Å². The van der Waals surface area contributed by atoms with Crippen LogP contribution in [0.2, 0.25) is 5.15 Å². The Labute approximate surface area is 252 Å². The van der Waals surface area contributed by atoms with Crippen LogP contribution in [-0.4, -0.2) is 83.0 Å². The lowest BCUT2D eigenvalue weighted by Gasteiger charge is -2.35. The molecule has 1 saturated heterocycles. The highest BCUT2D eigenvalue weighted by Crippen LogP contribution is 2.44. The van der Waals surface area contributed by atoms with Crippen molar-refractivity contribution in [3.63, 3.8) is 0 Å². The van der Waals surface area contributed by atoms with Crippen molar-refractivity contribution in [3.05, 3.63) is 52.7 Å². The Morgan fingerprint density at radius 1 is 1.20 bits per heavy atom. The number of nitrogens with zero attached hydrogens (tertiary/aromatic N) is 4. The summed E-state index contributed by atoms with van der Waals surface area (Å²) in [5, 5.41) is 11.3. The SMILES string of the molecule is CCOc1cccc(C(O)(C(=O)N(C)CCCC2CCN(c3ccc(C(=O)N(C)C)c(Cl)n3)CC2)C(F)(F)I)c1. The van der Waals surface area contributed by atoms with Crippen molar-refractivity contribution in [2.24, 2.45) is 5.92 Å². The Hall–Kier alpha value is -2.25. The second kappa shape index (κ2) is 13.6. The van der Waals surface area contributed by atoms with Crippen LogP contribution < -0.4 is 9.64 Å². The van der Waals surface area contributed by atoms with Crippen LogP contribution in [0.15, 0.2) is 36.4 Å². The monoisotopic (exact) mass is 692 g/mol. The Morgan fingerprint density at radius 2 is 1.88 bits per heavy atom. The molecule has 0 radical (unpaired) electrons. The summed E-state index contributed by atoms with van der Waals surface area (Å²) in [5.74, 6) is 0.158. The molecule has 0 spiro atoms. The summed E-state index contributed by atoms with van der Waals surface area (Å²) < 4.78 is 31.0. The smallest absolute Gasteiger partial charge is 0.337 e. The van der Waals surface area contributed by atoms with Gasteiger partial charge in [-0.25, -0.2) is 4.98 Å². The molecule has 0 aliphatic carbocycles. The van der Waals surface area contributed by atoms with E-state index in [0.717, 1.165) is 60.8 Å². The van der Waals surface area contributed by atoms with Crippen molar-refractivity contribution in [2.75, 3.05) is 52.3 Å². The van der Waals surface area contributed by atoms with E-state index in [1.807, 2.05) is 0 Å². The number of aromatic nitrogens is 1. The first-order valence-electron chi connectivity index (χ1n) is 13.2. The van der Waals surface area contributed by atoms with Crippen LogP contribution in [0.5, 0.6) is 5.75 Å². The highest BCUT2D eigenvalue weighted by atomic mass is 127. The zero-order chi connectivity index (χ0) is 29.7. The molecule has 0 saturated carbocycles. The van der Waals surface area contributed by atoms with E-state index >= 15 is 0 Å². The zero-order valence-electron chi connectivity index (χ0n) is 23.2. The maximum atomic E-state index is 14.7. The lowest BCUT2D eigenvalue weighted by atomic mass is 9.91. The molecular formula is C28H36ClF2IN4O4. The molecule has 12 heteroatoms. The molecule has 8 nitrogen and oxygen atoms in total. The Kier molecular flexibility index (Phi) is 11.0. The van der Waals surface area contributed by atoms with Crippen LogP contribution in [0.3, 0.4) is 0 Å². The highest BCUT2D eigenvalue weighted by molar-refractivity contribution is 14.1. The lowest BCUT2D eigenvalue weighted by molar-refractivity contribution is -0.173. The third kappa shape index (κ3) is 7.33. The van der Waals surface area contributed by atoms with Crippen LogP contribution in [0.1, 0.15) is 48.5 Å². The van der Waals surface area contributed by atoms with Gasteiger partial charge in [-0.05, 0) is 62.8 Å². The number of halogens is 4. The fourth-order valence-corrected chi connectivity index (χ4v) is 5.61. The van der Waals surface area contributed by atoms with E-state index in [1.165, 1.54) is 35.0 Å². The molecule has 1 aliphatic heterocycles.